The van der Waals surface area contributed by atoms with Crippen LogP contribution in [0.2, 0.25) is 0 Å². The van der Waals surface area contributed by atoms with Gasteiger partial charge in [-0.25, -0.2) is 4.79 Å². The van der Waals surface area contributed by atoms with E-state index in [1.807, 2.05) is 26.0 Å². The molecule has 7 nitrogen and oxygen atoms in total. The van der Waals surface area contributed by atoms with Crippen LogP contribution in [0.3, 0.4) is 0 Å². The van der Waals surface area contributed by atoms with Gasteiger partial charge >= 0.3 is 6.09 Å². The van der Waals surface area contributed by atoms with E-state index in [4.69, 9.17) is 18.9 Å². The number of hydrogen-bond donors (Lipinski definition) is 0. The lowest BCUT2D eigenvalue weighted by atomic mass is 9.80. The first-order valence-electron chi connectivity index (χ1n) is 9.73. The maximum absolute atomic E-state index is 12.9. The predicted molar refractivity (Wildman–Crippen MR) is 102 cm³/mol. The third-order valence-electron chi connectivity index (χ3n) is 5.25. The number of rotatable bonds is 6. The van der Waals surface area contributed by atoms with Gasteiger partial charge in [0, 0.05) is 19.5 Å². The van der Waals surface area contributed by atoms with Gasteiger partial charge in [-0.1, -0.05) is 12.1 Å². The average Bonchev–Trinajstić information content (AvgIpc) is 2.71. The fraction of sp³-hybridized carbons (Fsp3) is 0.524. The first-order valence-corrected chi connectivity index (χ1v) is 9.73. The molecule has 1 aromatic rings. The van der Waals surface area contributed by atoms with E-state index in [1.54, 1.807) is 24.1 Å². The largest absolute Gasteiger partial charge is 0.493 e. The number of allylic oxidation sites excluding steroid dienone is 1. The molecule has 0 aromatic heterocycles. The van der Waals surface area contributed by atoms with E-state index >= 15 is 0 Å². The molecule has 1 fully saturated rings. The zero-order valence-corrected chi connectivity index (χ0v) is 16.6. The van der Waals surface area contributed by atoms with Crippen molar-refractivity contribution in [2.75, 3.05) is 20.2 Å². The third-order valence-corrected chi connectivity index (χ3v) is 5.25. The highest BCUT2D eigenvalue weighted by atomic mass is 16.6. The zero-order valence-electron chi connectivity index (χ0n) is 16.6. The van der Waals surface area contributed by atoms with E-state index < -0.39 is 0 Å². The Labute approximate surface area is 165 Å². The predicted octanol–water partition coefficient (Wildman–Crippen LogP) is 3.53. The van der Waals surface area contributed by atoms with Crippen molar-refractivity contribution in [1.29, 1.82) is 0 Å². The summed E-state index contributed by atoms with van der Waals surface area (Å²) in [5.74, 6) is 0.803. The minimum atomic E-state index is -0.314. The summed E-state index contributed by atoms with van der Waals surface area (Å²) in [7, 11) is 1.55. The lowest BCUT2D eigenvalue weighted by Crippen LogP contribution is -2.44. The molecule has 1 aliphatic carbocycles. The summed E-state index contributed by atoms with van der Waals surface area (Å²) in [6, 6.07) is 7.14. The quantitative estimate of drug-likeness (QED) is 0.741. The highest BCUT2D eigenvalue weighted by molar-refractivity contribution is 5.96. The minimum Gasteiger partial charge on any atom is -0.493 e. The Kier molecular flexibility index (Phi) is 6.44. The summed E-state index contributed by atoms with van der Waals surface area (Å²) in [6.45, 7) is 5.04. The molecule has 3 unspecified atom stereocenters. The van der Waals surface area contributed by atoms with Gasteiger partial charge in [0.1, 0.15) is 18.5 Å². The Balaban J connectivity index is 1.63. The van der Waals surface area contributed by atoms with Crippen molar-refractivity contribution in [2.24, 2.45) is 5.92 Å². The van der Waals surface area contributed by atoms with E-state index in [1.165, 1.54) is 6.26 Å². The molecule has 3 atom stereocenters. The van der Waals surface area contributed by atoms with Crippen LogP contribution in [0, 0.1) is 5.92 Å². The monoisotopic (exact) mass is 389 g/mol. The van der Waals surface area contributed by atoms with Gasteiger partial charge < -0.3 is 23.8 Å². The molecule has 0 saturated heterocycles. The van der Waals surface area contributed by atoms with Crippen LogP contribution in [0.5, 0.6) is 11.5 Å². The second-order valence-corrected chi connectivity index (χ2v) is 6.87. The SMILES string of the molecule is CCN(CC)C(=O)OC1CCC2C(=O)C(Oc3ccccc3OC)=COC2C1. The number of amides is 1. The summed E-state index contributed by atoms with van der Waals surface area (Å²) in [4.78, 5) is 26.7. The Hall–Kier alpha value is -2.70. The fourth-order valence-electron chi connectivity index (χ4n) is 3.63. The molecule has 1 aliphatic heterocycles. The zero-order chi connectivity index (χ0) is 20.1. The van der Waals surface area contributed by atoms with E-state index in [-0.39, 0.29) is 35.8 Å². The van der Waals surface area contributed by atoms with Crippen molar-refractivity contribution >= 4 is 11.9 Å². The highest BCUT2D eigenvalue weighted by Gasteiger charge is 2.42. The minimum absolute atomic E-state index is 0.0873. The van der Waals surface area contributed by atoms with Crippen molar-refractivity contribution in [1.82, 2.24) is 4.90 Å². The second-order valence-electron chi connectivity index (χ2n) is 6.87. The number of fused-ring (bicyclic) bond motifs is 1. The first-order chi connectivity index (χ1) is 13.6. The van der Waals surface area contributed by atoms with Gasteiger partial charge in [-0.15, -0.1) is 0 Å². The number of methoxy groups -OCH3 is 1. The molecule has 1 amide bonds. The Bertz CT molecular complexity index is 742. The van der Waals surface area contributed by atoms with Gasteiger partial charge in [0.2, 0.25) is 11.5 Å². The molecule has 0 spiro atoms. The molecular formula is C21H27NO6. The van der Waals surface area contributed by atoms with Gasteiger partial charge in [0.25, 0.3) is 0 Å². The number of Topliss-reactive ketones (excluding diaryl/α,β-unsaturated/α-hetero) is 1. The summed E-state index contributed by atoms with van der Waals surface area (Å²) in [6.07, 6.45) is 2.23. The number of benzene rings is 1. The Morgan fingerprint density at radius 1 is 1.18 bits per heavy atom. The van der Waals surface area contributed by atoms with Crippen molar-refractivity contribution < 1.29 is 28.5 Å². The van der Waals surface area contributed by atoms with E-state index in [9.17, 15) is 9.59 Å². The molecule has 0 bridgehead atoms. The maximum Gasteiger partial charge on any atom is 0.410 e. The van der Waals surface area contributed by atoms with Gasteiger partial charge in [-0.3, -0.25) is 4.79 Å². The van der Waals surface area contributed by atoms with Gasteiger partial charge in [0.05, 0.1) is 13.0 Å². The smallest absolute Gasteiger partial charge is 0.410 e. The number of carbonyl (C=O) groups excluding carboxylic acids is 2. The molecule has 0 N–H and O–H groups in total. The Morgan fingerprint density at radius 3 is 2.57 bits per heavy atom. The normalized spacial score (nSPS) is 23.8. The second kappa shape index (κ2) is 8.99. The van der Waals surface area contributed by atoms with Crippen LogP contribution in [0.1, 0.15) is 33.1 Å². The van der Waals surface area contributed by atoms with E-state index in [2.05, 4.69) is 0 Å². The van der Waals surface area contributed by atoms with Crippen LogP contribution in [-0.2, 0) is 14.3 Å². The summed E-state index contributed by atoms with van der Waals surface area (Å²) in [5.41, 5.74) is 0. The molecule has 152 valence electrons. The summed E-state index contributed by atoms with van der Waals surface area (Å²) < 4.78 is 22.4. The number of carbonyl (C=O) groups is 2. The van der Waals surface area contributed by atoms with Crippen LogP contribution >= 0.6 is 0 Å². The summed E-state index contributed by atoms with van der Waals surface area (Å²) >= 11 is 0. The number of ether oxygens (including phenoxy) is 4. The molecule has 3 rings (SSSR count). The molecular weight excluding hydrogens is 362 g/mol. The number of hydrogen-bond acceptors (Lipinski definition) is 6. The molecule has 28 heavy (non-hydrogen) atoms. The van der Waals surface area contributed by atoms with E-state index in [0.717, 1.165) is 0 Å². The number of para-hydroxylation sites is 2. The van der Waals surface area contributed by atoms with Crippen LogP contribution in [0.25, 0.3) is 0 Å². The molecule has 2 aliphatic rings. The van der Waals surface area contributed by atoms with Crippen molar-refractivity contribution in [3.05, 3.63) is 36.3 Å². The summed E-state index contributed by atoms with van der Waals surface area (Å²) in [5, 5.41) is 0. The van der Waals surface area contributed by atoms with Gasteiger partial charge in [-0.2, -0.15) is 0 Å². The van der Waals surface area contributed by atoms with Crippen molar-refractivity contribution in [3.8, 4) is 11.5 Å². The lowest BCUT2D eigenvalue weighted by Gasteiger charge is -2.37. The van der Waals surface area contributed by atoms with Crippen molar-refractivity contribution in [3.63, 3.8) is 0 Å². The third kappa shape index (κ3) is 4.24. The molecule has 1 aromatic carbocycles. The van der Waals surface area contributed by atoms with E-state index in [0.29, 0.717) is 43.9 Å². The topological polar surface area (TPSA) is 74.3 Å². The lowest BCUT2D eigenvalue weighted by molar-refractivity contribution is -0.132. The first kappa shape index (κ1) is 20.0. The number of ketones is 1. The fourth-order valence-corrected chi connectivity index (χ4v) is 3.63. The van der Waals surface area contributed by atoms with Gasteiger partial charge in [-0.05, 0) is 38.8 Å². The molecule has 0 radical (unpaired) electrons. The average molecular weight is 389 g/mol. The van der Waals surface area contributed by atoms with Crippen molar-refractivity contribution in [2.45, 2.75) is 45.3 Å². The standard InChI is InChI=1S/C21H27NO6/c1-4-22(5-2)21(24)27-14-10-11-15-18(12-14)26-13-19(20(15)23)28-17-9-7-6-8-16(17)25-3/h6-9,13-15,18H,4-5,10-12H2,1-3H3. The van der Waals surface area contributed by atoms with Crippen LogP contribution in [0.15, 0.2) is 36.3 Å². The van der Waals surface area contributed by atoms with Crippen LogP contribution in [0.4, 0.5) is 4.79 Å². The van der Waals surface area contributed by atoms with Gasteiger partial charge in [0.15, 0.2) is 11.5 Å². The maximum atomic E-state index is 12.9. The van der Waals surface area contributed by atoms with Crippen LogP contribution in [-0.4, -0.2) is 49.2 Å². The molecule has 1 heterocycles. The van der Waals surface area contributed by atoms with Crippen LogP contribution < -0.4 is 9.47 Å². The molecule has 7 heteroatoms. The highest BCUT2D eigenvalue weighted by Crippen LogP contribution is 2.36. The Morgan fingerprint density at radius 2 is 1.89 bits per heavy atom. The molecule has 1 saturated carbocycles. The number of nitrogens with zero attached hydrogens (tertiary/aromatic N) is 1.